The molecule has 0 aliphatic heterocycles. The van der Waals surface area contributed by atoms with Gasteiger partial charge in [0, 0.05) is 19.8 Å². The van der Waals surface area contributed by atoms with Gasteiger partial charge >= 0.3 is 11.9 Å². The lowest BCUT2D eigenvalue weighted by molar-refractivity contribution is -0.198. The molecule has 4 saturated carbocycles. The molecule has 10 atom stereocenters. The minimum Gasteiger partial charge on any atom is -0.463 e. The zero-order valence-electron chi connectivity index (χ0n) is 18.1. The Hall–Kier alpha value is -1.14. The van der Waals surface area contributed by atoms with Gasteiger partial charge in [0.25, 0.3) is 0 Å². The maximum absolute atomic E-state index is 11.9. The molecule has 0 bridgehead atoms. The average molecular weight is 409 g/mol. The predicted molar refractivity (Wildman–Crippen MR) is 106 cm³/mol. The highest BCUT2D eigenvalue weighted by molar-refractivity contribution is 5.66. The number of carbonyl (C=O) groups excluding carboxylic acids is 2. The van der Waals surface area contributed by atoms with Crippen molar-refractivity contribution in [2.45, 2.75) is 97.1 Å². The summed E-state index contributed by atoms with van der Waals surface area (Å²) in [6.45, 7) is 7.40. The fourth-order valence-electron chi connectivity index (χ4n) is 7.83. The third-order valence-electron chi connectivity index (χ3n) is 9.23. The second-order valence-electron chi connectivity index (χ2n) is 10.7. The third kappa shape index (κ3) is 3.31. The lowest BCUT2D eigenvalue weighted by atomic mass is 9.44. The molecule has 0 aromatic carbocycles. The second kappa shape index (κ2) is 7.23. The molecule has 0 spiro atoms. The van der Waals surface area contributed by atoms with E-state index in [0.29, 0.717) is 18.3 Å². The van der Waals surface area contributed by atoms with Crippen molar-refractivity contribution in [2.24, 2.45) is 34.5 Å². The van der Waals surface area contributed by atoms with E-state index in [4.69, 9.17) is 9.47 Å². The summed E-state index contributed by atoms with van der Waals surface area (Å²) < 4.78 is 11.4. The van der Waals surface area contributed by atoms with E-state index >= 15 is 0 Å². The lowest BCUT2D eigenvalue weighted by Gasteiger charge is -2.62. The average Bonchev–Trinajstić information content (AvgIpc) is 2.85. The fraction of sp³-hybridized carbons (Fsp3) is 0.913. The van der Waals surface area contributed by atoms with E-state index in [1.54, 1.807) is 0 Å². The molecule has 0 aromatic heterocycles. The van der Waals surface area contributed by atoms with Crippen LogP contribution >= 0.6 is 0 Å². The van der Waals surface area contributed by atoms with Gasteiger partial charge in [0.15, 0.2) is 0 Å². The number of fused-ring (bicyclic) bond motifs is 5. The van der Waals surface area contributed by atoms with Crippen LogP contribution < -0.4 is 0 Å². The topological polar surface area (TPSA) is 93.1 Å². The molecule has 2 N–H and O–H groups in total. The number of aliphatic hydroxyl groups is 2. The first-order valence-corrected chi connectivity index (χ1v) is 11.3. The Morgan fingerprint density at radius 2 is 1.52 bits per heavy atom. The van der Waals surface area contributed by atoms with E-state index in [-0.39, 0.29) is 46.8 Å². The van der Waals surface area contributed by atoms with Crippen molar-refractivity contribution in [1.82, 2.24) is 0 Å². The van der Waals surface area contributed by atoms with Gasteiger partial charge in [-0.1, -0.05) is 13.8 Å². The summed E-state index contributed by atoms with van der Waals surface area (Å²) in [7, 11) is 0. The quantitative estimate of drug-likeness (QED) is 0.683. The van der Waals surface area contributed by atoms with Crippen molar-refractivity contribution in [3.8, 4) is 0 Å². The van der Waals surface area contributed by atoms with Crippen molar-refractivity contribution >= 4 is 11.9 Å². The minimum absolute atomic E-state index is 0.0518. The van der Waals surface area contributed by atoms with Gasteiger partial charge in [-0.05, 0) is 73.5 Å². The highest BCUT2D eigenvalue weighted by Gasteiger charge is 2.65. The monoisotopic (exact) mass is 408 g/mol. The Balaban J connectivity index is 1.66. The standard InChI is InChI=1S/C23H36O6/c1-12(24)28-15-5-7-22(3)14(9-15)10-19(29-13(2)25)20-16(22)6-8-23(4)17(20)11-18(26)21(23)27/h14-21,26-27H,5-11H2,1-4H3/t14-,15+,16+,17+,18-,19+,20-,21+,22+,23+/m1/s1. The molecule has 6 nitrogen and oxygen atoms in total. The molecule has 0 heterocycles. The molecule has 4 aliphatic rings. The van der Waals surface area contributed by atoms with Crippen LogP contribution in [0.4, 0.5) is 0 Å². The normalized spacial score (nSPS) is 51.4. The first kappa shape index (κ1) is 21.1. The first-order chi connectivity index (χ1) is 13.6. The molecule has 4 rings (SSSR count). The highest BCUT2D eigenvalue weighted by Crippen LogP contribution is 2.66. The molecule has 164 valence electrons. The maximum atomic E-state index is 11.9. The zero-order chi connectivity index (χ0) is 21.1. The van der Waals surface area contributed by atoms with Crippen LogP contribution in [0.1, 0.15) is 72.6 Å². The Labute approximate surface area is 173 Å². The van der Waals surface area contributed by atoms with Crippen LogP contribution in [0.25, 0.3) is 0 Å². The van der Waals surface area contributed by atoms with Gasteiger partial charge in [-0.25, -0.2) is 0 Å². The van der Waals surface area contributed by atoms with Crippen LogP contribution in [0.15, 0.2) is 0 Å². The molecule has 0 saturated heterocycles. The first-order valence-electron chi connectivity index (χ1n) is 11.3. The number of aliphatic hydroxyl groups excluding tert-OH is 2. The van der Waals surface area contributed by atoms with Crippen molar-refractivity contribution in [3.63, 3.8) is 0 Å². The molecule has 4 fully saturated rings. The fourth-order valence-corrected chi connectivity index (χ4v) is 7.83. The molecule has 4 aliphatic carbocycles. The summed E-state index contributed by atoms with van der Waals surface area (Å²) in [4.78, 5) is 23.4. The van der Waals surface area contributed by atoms with Crippen LogP contribution in [0, 0.1) is 34.5 Å². The SMILES string of the molecule is CC(=O)O[C@H]1CC[C@@]2(C)[C@H](C1)C[C@H](OC(C)=O)[C@@H]1[C@@H]2CC[C@]2(C)[C@@H](O)[C@H](O)C[C@@H]12. The van der Waals surface area contributed by atoms with Crippen LogP contribution in [0.5, 0.6) is 0 Å². The number of hydrogen-bond donors (Lipinski definition) is 2. The second-order valence-corrected chi connectivity index (χ2v) is 10.7. The Kier molecular flexibility index (Phi) is 5.26. The summed E-state index contributed by atoms with van der Waals surface area (Å²) in [5.41, 5.74) is -0.213. The van der Waals surface area contributed by atoms with E-state index in [0.717, 1.165) is 38.5 Å². The molecule has 0 amide bonds. The zero-order valence-corrected chi connectivity index (χ0v) is 18.1. The Bertz CT molecular complexity index is 678. The van der Waals surface area contributed by atoms with Gasteiger partial charge < -0.3 is 19.7 Å². The van der Waals surface area contributed by atoms with Crippen LogP contribution in [0.2, 0.25) is 0 Å². The van der Waals surface area contributed by atoms with E-state index in [1.165, 1.54) is 13.8 Å². The van der Waals surface area contributed by atoms with Crippen molar-refractivity contribution in [3.05, 3.63) is 0 Å². The summed E-state index contributed by atoms with van der Waals surface area (Å²) in [5, 5.41) is 21.2. The third-order valence-corrected chi connectivity index (χ3v) is 9.23. The number of hydrogen-bond acceptors (Lipinski definition) is 6. The Morgan fingerprint density at radius 1 is 0.862 bits per heavy atom. The maximum Gasteiger partial charge on any atom is 0.302 e. The number of ether oxygens (including phenoxy) is 2. The minimum atomic E-state index is -0.711. The summed E-state index contributed by atoms with van der Waals surface area (Å²) in [6, 6.07) is 0. The molecule has 0 unspecified atom stereocenters. The van der Waals surface area contributed by atoms with Crippen LogP contribution in [0.3, 0.4) is 0 Å². The molecular weight excluding hydrogens is 372 g/mol. The largest absolute Gasteiger partial charge is 0.463 e. The smallest absolute Gasteiger partial charge is 0.302 e. The van der Waals surface area contributed by atoms with Crippen molar-refractivity contribution in [1.29, 1.82) is 0 Å². The molecule has 0 aromatic rings. The van der Waals surface area contributed by atoms with Gasteiger partial charge in [-0.15, -0.1) is 0 Å². The summed E-state index contributed by atoms with van der Waals surface area (Å²) in [6.07, 6.45) is 4.25. The van der Waals surface area contributed by atoms with Gasteiger partial charge in [-0.2, -0.15) is 0 Å². The lowest BCUT2D eigenvalue weighted by Crippen LogP contribution is -2.59. The van der Waals surface area contributed by atoms with E-state index < -0.39 is 12.2 Å². The molecule has 29 heavy (non-hydrogen) atoms. The number of rotatable bonds is 2. The molecule has 0 radical (unpaired) electrons. The van der Waals surface area contributed by atoms with Crippen molar-refractivity contribution < 1.29 is 29.3 Å². The molecule has 6 heteroatoms. The highest BCUT2D eigenvalue weighted by atomic mass is 16.5. The van der Waals surface area contributed by atoms with Gasteiger partial charge in [0.05, 0.1) is 12.2 Å². The predicted octanol–water partition coefficient (Wildman–Crippen LogP) is 2.83. The van der Waals surface area contributed by atoms with E-state index in [1.807, 2.05) is 0 Å². The van der Waals surface area contributed by atoms with Crippen molar-refractivity contribution in [2.75, 3.05) is 0 Å². The van der Waals surface area contributed by atoms with E-state index in [2.05, 4.69) is 13.8 Å². The summed E-state index contributed by atoms with van der Waals surface area (Å²) in [5.74, 6) is 0.545. The Morgan fingerprint density at radius 3 is 2.17 bits per heavy atom. The number of esters is 2. The summed E-state index contributed by atoms with van der Waals surface area (Å²) >= 11 is 0. The van der Waals surface area contributed by atoms with E-state index in [9.17, 15) is 19.8 Å². The molecular formula is C23H36O6. The van der Waals surface area contributed by atoms with Gasteiger partial charge in [-0.3, -0.25) is 9.59 Å². The van der Waals surface area contributed by atoms with Gasteiger partial charge in [0.2, 0.25) is 0 Å². The number of carbonyl (C=O) groups is 2. The van der Waals surface area contributed by atoms with Crippen LogP contribution in [-0.4, -0.2) is 46.6 Å². The van der Waals surface area contributed by atoms with Gasteiger partial charge in [0.1, 0.15) is 12.2 Å². The van der Waals surface area contributed by atoms with Crippen LogP contribution in [-0.2, 0) is 19.1 Å².